The highest BCUT2D eigenvalue weighted by Gasteiger charge is 2.30. The molecule has 8 aromatic rings. The predicted octanol–water partition coefficient (Wildman–Crippen LogP) is 13.2. The van der Waals surface area contributed by atoms with Crippen molar-refractivity contribution in [2.45, 2.75) is 32.6 Å². The number of benzene rings is 6. The molecule has 2 aromatic heterocycles. The lowest BCUT2D eigenvalue weighted by Crippen LogP contribution is -2.21. The fraction of sp³-hybridized carbons (Fsp3) is 0.143. The van der Waals surface area contributed by atoms with Crippen LogP contribution in [0, 0.1) is 11.8 Å². The smallest absolute Gasteiger partial charge is 0.0718 e. The lowest BCUT2D eigenvalue weighted by molar-refractivity contribution is 0.331. The molecule has 0 bridgehead atoms. The van der Waals surface area contributed by atoms with Gasteiger partial charge in [0.2, 0.25) is 0 Å². The van der Waals surface area contributed by atoms with Gasteiger partial charge in [0.15, 0.2) is 0 Å². The second-order valence-corrected chi connectivity index (χ2v) is 14.6. The van der Waals surface area contributed by atoms with E-state index in [9.17, 15) is 0 Å². The molecule has 10 rings (SSSR count). The third-order valence-corrected chi connectivity index (χ3v) is 11.6. The van der Waals surface area contributed by atoms with E-state index >= 15 is 0 Å². The van der Waals surface area contributed by atoms with Gasteiger partial charge in [-0.3, -0.25) is 9.97 Å². The molecule has 51 heavy (non-hydrogen) atoms. The third kappa shape index (κ3) is 5.17. The zero-order valence-corrected chi connectivity index (χ0v) is 28.8. The predicted molar refractivity (Wildman–Crippen MR) is 216 cm³/mol. The molecule has 2 nitrogen and oxygen atoms in total. The molecule has 2 aliphatic carbocycles. The summed E-state index contributed by atoms with van der Waals surface area (Å²) in [5.41, 5.74) is 12.3. The molecule has 0 radical (unpaired) electrons. The molecule has 0 spiro atoms. The molecule has 244 valence electrons. The van der Waals surface area contributed by atoms with Gasteiger partial charge in [0.1, 0.15) is 0 Å². The third-order valence-electron chi connectivity index (χ3n) is 11.6. The summed E-state index contributed by atoms with van der Waals surface area (Å²) in [6, 6.07) is 46.6. The van der Waals surface area contributed by atoms with Crippen LogP contribution >= 0.6 is 0 Å². The number of hydrogen-bond acceptors (Lipinski definition) is 2. The van der Waals surface area contributed by atoms with Crippen LogP contribution in [0.3, 0.4) is 0 Å². The Morgan fingerprint density at radius 3 is 2.10 bits per heavy atom. The maximum Gasteiger partial charge on any atom is 0.0718 e. The largest absolute Gasteiger partial charge is 0.256 e. The van der Waals surface area contributed by atoms with Gasteiger partial charge < -0.3 is 0 Å². The molecule has 6 aromatic carbocycles. The summed E-state index contributed by atoms with van der Waals surface area (Å²) < 4.78 is 0. The van der Waals surface area contributed by atoms with E-state index in [0.717, 1.165) is 40.1 Å². The van der Waals surface area contributed by atoms with Gasteiger partial charge in [-0.1, -0.05) is 122 Å². The zero-order valence-electron chi connectivity index (χ0n) is 28.8. The van der Waals surface area contributed by atoms with Crippen molar-refractivity contribution in [3.8, 4) is 33.5 Å². The lowest BCUT2D eigenvalue weighted by Gasteiger charge is -2.35. The number of nitrogens with zero attached hydrogens (tertiary/aromatic N) is 2. The number of fused-ring (bicyclic) bond motifs is 5. The first-order chi connectivity index (χ1) is 25.2. The van der Waals surface area contributed by atoms with E-state index in [-0.39, 0.29) is 0 Å². The standard InChI is InChI=1S/C49H38N2/c1-31-9-8-13-33-18-20-38(28-44(31)33)48-41-14-5-6-15-42(41)49(37-19-17-32-10-2-3-11-34(32)25-37)45-27-35(21-23-43(45)48)39-22-24-47(50-29-39)40-26-36-12-4-7-16-46(36)51-30-40/h2-7,10-12,14-27,29-31,44H,8-9,13,28H2,1H3. The second-order valence-electron chi connectivity index (χ2n) is 14.6. The summed E-state index contributed by atoms with van der Waals surface area (Å²) in [6.07, 6.45) is 13.8. The molecule has 2 aliphatic rings. The minimum atomic E-state index is 0.634. The van der Waals surface area contributed by atoms with E-state index in [0.29, 0.717) is 5.92 Å². The number of allylic oxidation sites excluding steroid dienone is 4. The van der Waals surface area contributed by atoms with E-state index in [1.807, 2.05) is 24.5 Å². The molecule has 0 aliphatic heterocycles. The van der Waals surface area contributed by atoms with E-state index < -0.39 is 0 Å². The van der Waals surface area contributed by atoms with Crippen molar-refractivity contribution >= 4 is 48.8 Å². The number of pyridine rings is 2. The summed E-state index contributed by atoms with van der Waals surface area (Å²) in [6.45, 7) is 2.46. The van der Waals surface area contributed by atoms with Crippen LogP contribution in [-0.4, -0.2) is 9.97 Å². The second kappa shape index (κ2) is 12.2. The minimum Gasteiger partial charge on any atom is -0.256 e. The van der Waals surface area contributed by atoms with Gasteiger partial charge in [-0.05, 0) is 128 Å². The van der Waals surface area contributed by atoms with Gasteiger partial charge in [-0.15, -0.1) is 0 Å². The zero-order chi connectivity index (χ0) is 33.9. The first kappa shape index (κ1) is 30.0. The van der Waals surface area contributed by atoms with Gasteiger partial charge in [0, 0.05) is 28.9 Å². The first-order valence-corrected chi connectivity index (χ1v) is 18.4. The Morgan fingerprint density at radius 1 is 0.529 bits per heavy atom. The topological polar surface area (TPSA) is 25.8 Å². The molecule has 0 saturated heterocycles. The minimum absolute atomic E-state index is 0.634. The maximum atomic E-state index is 4.96. The van der Waals surface area contributed by atoms with Gasteiger partial charge >= 0.3 is 0 Å². The van der Waals surface area contributed by atoms with Crippen molar-refractivity contribution < 1.29 is 0 Å². The van der Waals surface area contributed by atoms with Crippen LogP contribution in [0.1, 0.15) is 38.2 Å². The van der Waals surface area contributed by atoms with Crippen LogP contribution in [0.4, 0.5) is 0 Å². The quantitative estimate of drug-likeness (QED) is 0.177. The van der Waals surface area contributed by atoms with Crippen LogP contribution in [0.25, 0.3) is 82.3 Å². The van der Waals surface area contributed by atoms with Crippen LogP contribution in [0.5, 0.6) is 0 Å². The van der Waals surface area contributed by atoms with Crippen molar-refractivity contribution in [2.24, 2.45) is 11.8 Å². The Hall–Kier alpha value is -5.86. The first-order valence-electron chi connectivity index (χ1n) is 18.4. The van der Waals surface area contributed by atoms with E-state index in [4.69, 9.17) is 4.98 Å². The van der Waals surface area contributed by atoms with Gasteiger partial charge in [0.25, 0.3) is 0 Å². The Kier molecular flexibility index (Phi) is 7.16. The van der Waals surface area contributed by atoms with Crippen molar-refractivity contribution in [1.29, 1.82) is 0 Å². The molecule has 1 saturated carbocycles. The normalized spacial score (nSPS) is 17.4. The SMILES string of the molecule is CC1CCCC2=CC=C(c3c4ccccc4c(-c4ccc5ccccc5c4)c4cc(-c5ccc(-c6cnc7ccccc7c6)nc5)ccc34)CC21. The van der Waals surface area contributed by atoms with Crippen LogP contribution in [0.15, 0.2) is 158 Å². The van der Waals surface area contributed by atoms with Crippen LogP contribution in [-0.2, 0) is 0 Å². The fourth-order valence-corrected chi connectivity index (χ4v) is 8.92. The highest BCUT2D eigenvalue weighted by atomic mass is 14.7. The van der Waals surface area contributed by atoms with Crippen molar-refractivity contribution in [1.82, 2.24) is 9.97 Å². The summed E-state index contributed by atoms with van der Waals surface area (Å²) in [4.78, 5) is 9.64. The van der Waals surface area contributed by atoms with Crippen molar-refractivity contribution in [2.75, 3.05) is 0 Å². The molecule has 2 heteroatoms. The summed E-state index contributed by atoms with van der Waals surface area (Å²) in [5.74, 6) is 1.35. The molecule has 0 amide bonds. The average Bonchev–Trinajstić information content (AvgIpc) is 3.19. The number of rotatable bonds is 4. The molecule has 2 unspecified atom stereocenters. The monoisotopic (exact) mass is 654 g/mol. The molecule has 0 N–H and O–H groups in total. The molecule has 1 fully saturated rings. The summed E-state index contributed by atoms with van der Waals surface area (Å²) in [7, 11) is 0. The Labute approximate surface area is 298 Å². The number of para-hydroxylation sites is 1. The van der Waals surface area contributed by atoms with Gasteiger partial charge in [-0.2, -0.15) is 0 Å². The average molecular weight is 655 g/mol. The van der Waals surface area contributed by atoms with E-state index in [1.54, 1.807) is 5.57 Å². The molecule has 2 heterocycles. The van der Waals surface area contributed by atoms with Crippen molar-refractivity contribution in [3.05, 3.63) is 163 Å². The lowest BCUT2D eigenvalue weighted by atomic mass is 9.70. The molecule has 2 atom stereocenters. The Morgan fingerprint density at radius 2 is 1.24 bits per heavy atom. The van der Waals surface area contributed by atoms with Crippen LogP contribution < -0.4 is 0 Å². The highest BCUT2D eigenvalue weighted by Crippen LogP contribution is 2.48. The highest BCUT2D eigenvalue weighted by molar-refractivity contribution is 6.20. The number of aromatic nitrogens is 2. The van der Waals surface area contributed by atoms with E-state index in [1.165, 1.54) is 79.4 Å². The summed E-state index contributed by atoms with van der Waals surface area (Å²) >= 11 is 0. The van der Waals surface area contributed by atoms with Crippen LogP contribution in [0.2, 0.25) is 0 Å². The van der Waals surface area contributed by atoms with Crippen molar-refractivity contribution in [3.63, 3.8) is 0 Å². The maximum absolute atomic E-state index is 4.96. The Bertz CT molecular complexity index is 2710. The van der Waals surface area contributed by atoms with Gasteiger partial charge in [-0.25, -0.2) is 0 Å². The molecular weight excluding hydrogens is 617 g/mol. The van der Waals surface area contributed by atoms with E-state index in [2.05, 4.69) is 139 Å². The Balaban J connectivity index is 1.17. The number of hydrogen-bond donors (Lipinski definition) is 0. The fourth-order valence-electron chi connectivity index (χ4n) is 8.92. The van der Waals surface area contributed by atoms with Gasteiger partial charge in [0.05, 0.1) is 11.2 Å². The summed E-state index contributed by atoms with van der Waals surface area (Å²) in [5, 5.41) is 8.88. The molecular formula is C49H38N2.